The summed E-state index contributed by atoms with van der Waals surface area (Å²) in [5, 5.41) is 18.9. The molecule has 0 spiro atoms. The van der Waals surface area contributed by atoms with Crippen molar-refractivity contribution in [3.05, 3.63) is 69.8 Å². The van der Waals surface area contributed by atoms with Crippen molar-refractivity contribution in [2.24, 2.45) is 0 Å². The molecular weight excluding hydrogens is 1050 g/mol. The molecule has 0 amide bonds. The van der Waals surface area contributed by atoms with Gasteiger partial charge < -0.3 is 51.7 Å². The first-order valence-electron chi connectivity index (χ1n) is 11.4. The Morgan fingerprint density at radius 3 is 0.446 bits per heavy atom. The van der Waals surface area contributed by atoms with E-state index < -0.39 is 95.0 Å². The molecule has 326 valence electrons. The van der Waals surface area contributed by atoms with E-state index in [0.29, 0.717) is 0 Å². The predicted octanol–water partition coefficient (Wildman–Crippen LogP) is 6.46. The number of alkyl halides is 24. The average molecular weight is 1060 g/mol. The van der Waals surface area contributed by atoms with Gasteiger partial charge in [-0.25, -0.2) is 0 Å². The van der Waals surface area contributed by atoms with Gasteiger partial charge in [-0.1, -0.05) is 0 Å². The van der Waals surface area contributed by atoms with Crippen LogP contribution >= 0.6 is 0 Å². The molecule has 0 atom stereocenters. The second-order valence-corrected chi connectivity index (χ2v) is 8.44. The van der Waals surface area contributed by atoms with Crippen LogP contribution in [0.1, 0.15) is 45.6 Å². The Balaban J connectivity index is -0.000000314. The third kappa shape index (κ3) is 19.0. The summed E-state index contributed by atoms with van der Waals surface area (Å²) >= 11 is 0. The molecule has 0 aliphatic heterocycles. The van der Waals surface area contributed by atoms with E-state index in [0.717, 1.165) is 0 Å². The molecule has 0 saturated carbocycles. The summed E-state index contributed by atoms with van der Waals surface area (Å²) in [5.74, 6) is 0. The molecule has 0 saturated heterocycles. The van der Waals surface area contributed by atoms with Crippen molar-refractivity contribution in [2.75, 3.05) is 0 Å². The van der Waals surface area contributed by atoms with Gasteiger partial charge in [-0.3, -0.25) is 0 Å². The van der Waals surface area contributed by atoms with Gasteiger partial charge in [-0.05, 0) is 47.0 Å². The number of hydrogen-bond donors (Lipinski definition) is 0. The molecule has 36 heteroatoms. The fourth-order valence-corrected chi connectivity index (χ4v) is 2.29. The standard InChI is InChI=1S/4C5HF6N2.2H2O.2Rh/c4*6-4(7,8)2-1-3(13-12-2)5(9,10)11;;;;/h4*1H;2*1H2;;/q4*-1;;;2*+2/p+2. The molecule has 0 aromatic carbocycles. The number of halogens is 24. The first-order chi connectivity index (χ1) is 22.8. The molecule has 2 radical (unpaired) electrons. The van der Waals surface area contributed by atoms with E-state index in [-0.39, 0.29) is 74.2 Å². The van der Waals surface area contributed by atoms with Crippen LogP contribution in [0.25, 0.3) is 0 Å². The van der Waals surface area contributed by atoms with E-state index in [1.807, 2.05) is 0 Å². The summed E-state index contributed by atoms with van der Waals surface area (Å²) < 4.78 is 281. The maximum atomic E-state index is 11.7. The SMILES string of the molecule is FC(F)(F)c1cc(C(F)(F)F)[n-]n1.FC(F)(F)c1cc(C(F)(F)F)[n-]n1.FC(F)(F)c1cc(C(F)(F)F)[n-]n1.FC(F)(F)c1cc(C(F)(F)F)[n-]n1.[OH3+].[OH3+].[Rh+2].[Rh+2]. The third-order valence-corrected chi connectivity index (χ3v) is 4.48. The van der Waals surface area contributed by atoms with Gasteiger partial charge >= 0.3 is 88.4 Å². The fourth-order valence-electron chi connectivity index (χ4n) is 2.29. The molecule has 0 fully saturated rings. The second-order valence-electron chi connectivity index (χ2n) is 8.44. The van der Waals surface area contributed by atoms with Crippen LogP contribution in [0.5, 0.6) is 0 Å². The van der Waals surface area contributed by atoms with E-state index in [1.165, 1.54) is 0 Å². The molecule has 0 aliphatic carbocycles. The zero-order valence-corrected chi connectivity index (χ0v) is 28.1. The molecule has 4 aromatic heterocycles. The molecule has 0 bridgehead atoms. The van der Waals surface area contributed by atoms with Crippen LogP contribution in [-0.4, -0.2) is 20.4 Å². The molecular formula is C20H10F24N8O2Rh2+2. The molecule has 0 unspecified atom stereocenters. The smallest absolute Gasteiger partial charge is 0.571 e. The van der Waals surface area contributed by atoms with Crippen LogP contribution in [0.15, 0.2) is 24.3 Å². The van der Waals surface area contributed by atoms with Gasteiger partial charge in [0.2, 0.25) is 0 Å². The van der Waals surface area contributed by atoms with Crippen molar-refractivity contribution in [1.82, 2.24) is 40.8 Å². The minimum absolute atomic E-state index is 0. The van der Waals surface area contributed by atoms with Crippen LogP contribution in [0.3, 0.4) is 0 Å². The zero-order chi connectivity index (χ0) is 41.1. The van der Waals surface area contributed by atoms with Crippen LogP contribution in [0, 0.1) is 0 Å². The summed E-state index contributed by atoms with van der Waals surface area (Å²) in [6.07, 6.45) is -39.1. The van der Waals surface area contributed by atoms with Crippen molar-refractivity contribution in [3.8, 4) is 0 Å². The summed E-state index contributed by atoms with van der Waals surface area (Å²) in [5.41, 5.74) is -13.1. The van der Waals surface area contributed by atoms with Crippen LogP contribution in [0.4, 0.5) is 105 Å². The van der Waals surface area contributed by atoms with Gasteiger partial charge in [0.25, 0.3) is 0 Å². The minimum Gasteiger partial charge on any atom is -0.571 e. The number of aromatic nitrogens is 8. The predicted molar refractivity (Wildman–Crippen MR) is 120 cm³/mol. The Kier molecular flexibility index (Phi) is 21.2. The summed E-state index contributed by atoms with van der Waals surface area (Å²) in [4.78, 5) is 0. The molecule has 4 rings (SSSR count). The van der Waals surface area contributed by atoms with Gasteiger partial charge in [0.05, 0.1) is 0 Å². The van der Waals surface area contributed by atoms with Gasteiger partial charge in [-0.15, -0.1) is 0 Å². The van der Waals surface area contributed by atoms with Crippen LogP contribution in [-0.2, 0) is 99.3 Å². The number of hydrogen-bond acceptors (Lipinski definition) is 4. The third-order valence-electron chi connectivity index (χ3n) is 4.48. The number of nitrogens with zero attached hydrogens (tertiary/aromatic N) is 8. The van der Waals surface area contributed by atoms with Crippen molar-refractivity contribution in [3.63, 3.8) is 0 Å². The Morgan fingerprint density at radius 2 is 0.393 bits per heavy atom. The van der Waals surface area contributed by atoms with E-state index >= 15 is 0 Å². The van der Waals surface area contributed by atoms with Crippen LogP contribution in [0.2, 0.25) is 0 Å². The molecule has 0 aliphatic rings. The Hall–Kier alpha value is -3.67. The van der Waals surface area contributed by atoms with E-state index in [9.17, 15) is 105 Å². The zero-order valence-electron chi connectivity index (χ0n) is 24.8. The molecule has 10 nitrogen and oxygen atoms in total. The van der Waals surface area contributed by atoms with Gasteiger partial charge in [0.15, 0.2) is 0 Å². The number of rotatable bonds is 0. The van der Waals surface area contributed by atoms with Gasteiger partial charge in [0, 0.05) is 0 Å². The van der Waals surface area contributed by atoms with Gasteiger partial charge in [-0.2, -0.15) is 105 Å². The monoisotopic (exact) mass is 1060 g/mol. The molecule has 6 N–H and O–H groups in total. The quantitative estimate of drug-likeness (QED) is 0.110. The van der Waals surface area contributed by atoms with E-state index in [4.69, 9.17) is 0 Å². The van der Waals surface area contributed by atoms with Gasteiger partial charge in [0.1, 0.15) is 22.8 Å². The van der Waals surface area contributed by atoms with E-state index in [2.05, 4.69) is 40.8 Å². The van der Waals surface area contributed by atoms with E-state index in [1.54, 1.807) is 0 Å². The Bertz CT molecular complexity index is 1340. The molecule has 4 aromatic rings. The molecule has 56 heavy (non-hydrogen) atoms. The van der Waals surface area contributed by atoms with Crippen molar-refractivity contribution in [2.45, 2.75) is 49.4 Å². The first kappa shape index (κ1) is 59.0. The average Bonchev–Trinajstić information content (AvgIpc) is 3.72. The largest absolute Gasteiger partial charge is 2.00 e. The van der Waals surface area contributed by atoms with Crippen molar-refractivity contribution in [1.29, 1.82) is 0 Å². The normalized spacial score (nSPS) is 12.4. The maximum Gasteiger partial charge on any atom is 2.00 e. The Labute approximate surface area is 315 Å². The topological polar surface area (TPSA) is 174 Å². The maximum absolute atomic E-state index is 11.7. The van der Waals surface area contributed by atoms with Crippen molar-refractivity contribution < 1.29 is 155 Å². The van der Waals surface area contributed by atoms with Crippen molar-refractivity contribution >= 4 is 0 Å². The molecule has 4 heterocycles. The minimum atomic E-state index is -4.89. The summed E-state index contributed by atoms with van der Waals surface area (Å²) in [7, 11) is 0. The van der Waals surface area contributed by atoms with Crippen LogP contribution < -0.4 is 20.4 Å². The summed E-state index contributed by atoms with van der Waals surface area (Å²) in [6, 6.07) is -0.556. The Morgan fingerprint density at radius 1 is 0.268 bits per heavy atom. The fraction of sp³-hybridized carbons (Fsp3) is 0.400. The summed E-state index contributed by atoms with van der Waals surface area (Å²) in [6.45, 7) is 0. The second kappa shape index (κ2) is 20.1. The first-order valence-corrected chi connectivity index (χ1v) is 11.4.